The molecule has 114 valence electrons. The molecule has 2 nitrogen and oxygen atoms in total. The van der Waals surface area contributed by atoms with E-state index in [1.807, 2.05) is 6.08 Å². The van der Waals surface area contributed by atoms with Crippen molar-refractivity contribution in [3.05, 3.63) is 12.2 Å². The fraction of sp³-hybridized carbons (Fsp3) is 0.857. The predicted molar refractivity (Wildman–Crippen MR) is 83.1 cm³/mol. The van der Waals surface area contributed by atoms with E-state index in [4.69, 9.17) is 9.47 Å². The average Bonchev–Trinajstić information content (AvgIpc) is 2.40. The predicted octanol–water partition coefficient (Wildman–Crippen LogP) is 4.96. The molecule has 0 aromatic carbocycles. The monoisotopic (exact) mass is 390 g/mol. The lowest BCUT2D eigenvalue weighted by Crippen LogP contribution is -2.37. The Morgan fingerprint density at radius 3 is 2.53 bits per heavy atom. The van der Waals surface area contributed by atoms with Crippen LogP contribution in [0.3, 0.4) is 0 Å². The van der Waals surface area contributed by atoms with Crippen LogP contribution in [0.5, 0.6) is 0 Å². The van der Waals surface area contributed by atoms with E-state index in [-0.39, 0.29) is 17.6 Å². The van der Waals surface area contributed by atoms with Gasteiger partial charge in [-0.25, -0.2) is 8.78 Å². The number of unbranched alkanes of at least 4 members (excludes halogenated alkanes) is 4. The first-order valence-corrected chi connectivity index (χ1v) is 8.30. The highest BCUT2D eigenvalue weighted by atomic mass is 127. The fourth-order valence-electron chi connectivity index (χ4n) is 1.63. The first-order chi connectivity index (χ1) is 9.08. The summed E-state index contributed by atoms with van der Waals surface area (Å²) in [7, 11) is 1.43. The van der Waals surface area contributed by atoms with Crippen molar-refractivity contribution in [3.63, 3.8) is 0 Å². The molecule has 0 aliphatic heterocycles. The summed E-state index contributed by atoms with van der Waals surface area (Å²) >= 11 is 1.69. The smallest absolute Gasteiger partial charge is 0.282 e. The van der Waals surface area contributed by atoms with E-state index >= 15 is 0 Å². The number of hydrogen-bond acceptors (Lipinski definition) is 2. The van der Waals surface area contributed by atoms with Crippen molar-refractivity contribution >= 4 is 22.6 Å². The minimum Gasteiger partial charge on any atom is -0.359 e. The second kappa shape index (κ2) is 12.0. The van der Waals surface area contributed by atoms with Crippen LogP contribution >= 0.6 is 22.6 Å². The lowest BCUT2D eigenvalue weighted by atomic mass is 10.1. The van der Waals surface area contributed by atoms with Gasteiger partial charge in [-0.3, -0.25) is 0 Å². The third kappa shape index (κ3) is 9.73. The minimum atomic E-state index is -2.81. The summed E-state index contributed by atoms with van der Waals surface area (Å²) < 4.78 is 36.7. The van der Waals surface area contributed by atoms with Crippen LogP contribution in [0.15, 0.2) is 12.2 Å². The molecule has 0 aromatic heterocycles. The maximum Gasteiger partial charge on any atom is 0.282 e. The molecule has 0 rings (SSSR count). The zero-order chi connectivity index (χ0) is 14.6. The highest BCUT2D eigenvalue weighted by molar-refractivity contribution is 14.1. The van der Waals surface area contributed by atoms with E-state index in [9.17, 15) is 8.78 Å². The molecular formula is C14H25F2IO2. The lowest BCUT2D eigenvalue weighted by Gasteiger charge is -2.24. The number of rotatable bonds is 12. The van der Waals surface area contributed by atoms with Gasteiger partial charge < -0.3 is 9.47 Å². The molecule has 0 bridgehead atoms. The van der Waals surface area contributed by atoms with Gasteiger partial charge in [0.05, 0.1) is 4.43 Å². The van der Waals surface area contributed by atoms with Crippen LogP contribution in [0.25, 0.3) is 0 Å². The Morgan fingerprint density at radius 2 is 1.95 bits per heavy atom. The first kappa shape index (κ1) is 19.2. The maximum absolute atomic E-state index is 13.6. The molecule has 0 amide bonds. The Kier molecular flexibility index (Phi) is 12.2. The highest BCUT2D eigenvalue weighted by Gasteiger charge is 2.38. The van der Waals surface area contributed by atoms with Crippen LogP contribution < -0.4 is 0 Å². The quantitative estimate of drug-likeness (QED) is 0.154. The number of ether oxygens (including phenoxy) is 2. The molecule has 1 atom stereocenters. The topological polar surface area (TPSA) is 18.5 Å². The fourth-order valence-corrected chi connectivity index (χ4v) is 2.12. The highest BCUT2D eigenvalue weighted by Crippen LogP contribution is 2.26. The molecule has 0 aliphatic rings. The molecule has 0 radical (unpaired) electrons. The van der Waals surface area contributed by atoms with Crippen LogP contribution in [-0.4, -0.2) is 30.4 Å². The number of allylic oxidation sites excluding steroid dienone is 1. The third-order valence-corrected chi connectivity index (χ3v) is 3.79. The van der Waals surface area contributed by atoms with E-state index < -0.39 is 12.0 Å². The van der Waals surface area contributed by atoms with Crippen molar-refractivity contribution < 1.29 is 18.3 Å². The summed E-state index contributed by atoms with van der Waals surface area (Å²) in [4.78, 5) is 0. The molecule has 0 N–H and O–H groups in total. The number of methoxy groups -OCH3 is 1. The molecule has 0 aliphatic carbocycles. The molecule has 0 saturated heterocycles. The average molecular weight is 390 g/mol. The third-order valence-electron chi connectivity index (χ3n) is 2.78. The van der Waals surface area contributed by atoms with Gasteiger partial charge in [-0.1, -0.05) is 60.9 Å². The zero-order valence-electron chi connectivity index (χ0n) is 11.8. The minimum absolute atomic E-state index is 0.0960. The van der Waals surface area contributed by atoms with E-state index in [0.29, 0.717) is 0 Å². The van der Waals surface area contributed by atoms with Crippen molar-refractivity contribution in [1.29, 1.82) is 0 Å². The second-order valence-electron chi connectivity index (χ2n) is 4.51. The Balaban J connectivity index is 4.01. The molecular weight excluding hydrogens is 365 g/mol. The van der Waals surface area contributed by atoms with Gasteiger partial charge in [0, 0.05) is 7.11 Å². The van der Waals surface area contributed by atoms with Crippen molar-refractivity contribution in [2.45, 2.75) is 57.5 Å². The number of halogens is 3. The molecule has 0 fully saturated rings. The summed E-state index contributed by atoms with van der Waals surface area (Å²) in [5.74, 6) is -2.81. The Labute approximate surface area is 129 Å². The van der Waals surface area contributed by atoms with Gasteiger partial charge in [-0.05, 0) is 19.3 Å². The molecule has 0 saturated carbocycles. The van der Waals surface area contributed by atoms with Gasteiger partial charge in [-0.15, -0.1) is 0 Å². The summed E-state index contributed by atoms with van der Waals surface area (Å²) in [6.07, 6.45) is 8.62. The van der Waals surface area contributed by atoms with Crippen LogP contribution in [0.1, 0.15) is 45.4 Å². The molecule has 0 aromatic rings. The van der Waals surface area contributed by atoms with Gasteiger partial charge in [0.25, 0.3) is 5.92 Å². The first-order valence-electron chi connectivity index (χ1n) is 6.77. The van der Waals surface area contributed by atoms with E-state index in [1.54, 1.807) is 28.7 Å². The van der Waals surface area contributed by atoms with Crippen LogP contribution in [0.4, 0.5) is 8.78 Å². The SMILES string of the molecule is CCCCCC/C=C\CC(OCOC)C(F)(F)CI. The Hall–Kier alpha value is 0.250. The van der Waals surface area contributed by atoms with Crippen LogP contribution in [0.2, 0.25) is 0 Å². The van der Waals surface area contributed by atoms with Gasteiger partial charge in [0.1, 0.15) is 12.9 Å². The van der Waals surface area contributed by atoms with Crippen LogP contribution in [0, 0.1) is 0 Å². The maximum atomic E-state index is 13.6. The van der Waals surface area contributed by atoms with Crippen LogP contribution in [-0.2, 0) is 9.47 Å². The summed E-state index contributed by atoms with van der Waals surface area (Å²) in [5.41, 5.74) is 0. The second-order valence-corrected chi connectivity index (χ2v) is 5.28. The molecule has 0 heterocycles. The van der Waals surface area contributed by atoms with Crippen molar-refractivity contribution in [3.8, 4) is 0 Å². The standard InChI is InChI=1S/C14H25F2IO2/c1-3-4-5-6-7-8-9-10-13(19-12-18-2)14(15,16)11-17/h8-9,13H,3-7,10-12H2,1-2H3/b9-8-. The van der Waals surface area contributed by atoms with E-state index in [2.05, 4.69) is 6.92 Å². The Morgan fingerprint density at radius 1 is 1.21 bits per heavy atom. The van der Waals surface area contributed by atoms with Crippen molar-refractivity contribution in [2.24, 2.45) is 0 Å². The van der Waals surface area contributed by atoms with E-state index in [0.717, 1.165) is 12.8 Å². The Bertz CT molecular complexity index is 235. The normalized spacial score (nSPS) is 14.2. The zero-order valence-corrected chi connectivity index (χ0v) is 14.0. The van der Waals surface area contributed by atoms with Gasteiger partial charge in [0.2, 0.25) is 0 Å². The van der Waals surface area contributed by atoms with E-state index in [1.165, 1.54) is 26.4 Å². The summed E-state index contributed by atoms with van der Waals surface area (Å²) in [5, 5.41) is 0. The molecule has 5 heteroatoms. The number of hydrogen-bond donors (Lipinski definition) is 0. The summed E-state index contributed by atoms with van der Waals surface area (Å²) in [6, 6.07) is 0. The lowest BCUT2D eigenvalue weighted by molar-refractivity contribution is -0.161. The molecule has 19 heavy (non-hydrogen) atoms. The van der Waals surface area contributed by atoms with Gasteiger partial charge in [0.15, 0.2) is 0 Å². The number of alkyl halides is 3. The van der Waals surface area contributed by atoms with Crippen molar-refractivity contribution in [2.75, 3.05) is 18.3 Å². The van der Waals surface area contributed by atoms with Gasteiger partial charge >= 0.3 is 0 Å². The van der Waals surface area contributed by atoms with Gasteiger partial charge in [-0.2, -0.15) is 0 Å². The largest absolute Gasteiger partial charge is 0.359 e. The molecule has 0 spiro atoms. The summed E-state index contributed by atoms with van der Waals surface area (Å²) in [6.45, 7) is 2.07. The van der Waals surface area contributed by atoms with Crippen molar-refractivity contribution in [1.82, 2.24) is 0 Å². The molecule has 1 unspecified atom stereocenters.